The summed E-state index contributed by atoms with van der Waals surface area (Å²) in [5.41, 5.74) is 2.42. The van der Waals surface area contributed by atoms with Crippen molar-refractivity contribution >= 4 is 10.9 Å². The molecule has 0 amide bonds. The van der Waals surface area contributed by atoms with Gasteiger partial charge in [-0.2, -0.15) is 10.2 Å². The molecule has 6 nitrogen and oxygen atoms in total. The van der Waals surface area contributed by atoms with Crippen molar-refractivity contribution in [3.05, 3.63) is 83.2 Å². The van der Waals surface area contributed by atoms with Gasteiger partial charge in [0.05, 0.1) is 35.5 Å². The molecule has 0 aliphatic carbocycles. The van der Waals surface area contributed by atoms with Crippen LogP contribution in [0.15, 0.2) is 72.0 Å². The lowest BCUT2D eigenvalue weighted by Crippen LogP contribution is -2.23. The maximum Gasteiger partial charge on any atom is 0.278 e. The molecule has 4 aromatic rings. The van der Waals surface area contributed by atoms with E-state index < -0.39 is 0 Å². The molecule has 0 saturated heterocycles. The number of aromatic nitrogens is 5. The first-order chi connectivity index (χ1) is 11.3. The van der Waals surface area contributed by atoms with Gasteiger partial charge >= 0.3 is 0 Å². The number of benzene rings is 1. The minimum absolute atomic E-state index is 0.151. The van der Waals surface area contributed by atoms with E-state index in [1.807, 2.05) is 42.5 Å². The second kappa shape index (κ2) is 5.49. The molecule has 0 atom stereocenters. The highest BCUT2D eigenvalue weighted by atomic mass is 16.1. The standard InChI is InChI=1S/C17H13N5O/c23-17-15-10-20-22(14-4-2-1-3-5-14)16(15)11-19-21(17)12-13-6-8-18-9-7-13/h1-11H,12H2. The van der Waals surface area contributed by atoms with Crippen molar-refractivity contribution in [3.8, 4) is 5.69 Å². The van der Waals surface area contributed by atoms with Crippen LogP contribution in [0, 0.1) is 0 Å². The van der Waals surface area contributed by atoms with Gasteiger partial charge in [0.15, 0.2) is 0 Å². The third-order valence-corrected chi connectivity index (χ3v) is 3.67. The normalized spacial score (nSPS) is 11.0. The minimum atomic E-state index is -0.151. The number of hydrogen-bond donors (Lipinski definition) is 0. The molecule has 0 spiro atoms. The molecule has 112 valence electrons. The zero-order chi connectivity index (χ0) is 15.6. The van der Waals surface area contributed by atoms with Crippen LogP contribution in [-0.4, -0.2) is 24.5 Å². The molecule has 1 aromatic carbocycles. The molecule has 0 bridgehead atoms. The smallest absolute Gasteiger partial charge is 0.267 e. The summed E-state index contributed by atoms with van der Waals surface area (Å²) in [4.78, 5) is 16.6. The highest BCUT2D eigenvalue weighted by Gasteiger charge is 2.11. The average Bonchev–Trinajstić information content (AvgIpc) is 3.04. The van der Waals surface area contributed by atoms with Crippen molar-refractivity contribution < 1.29 is 0 Å². The zero-order valence-corrected chi connectivity index (χ0v) is 12.2. The maximum absolute atomic E-state index is 12.6. The van der Waals surface area contributed by atoms with Crippen LogP contribution in [0.4, 0.5) is 0 Å². The molecular formula is C17H13N5O. The number of fused-ring (bicyclic) bond motifs is 1. The Hall–Kier alpha value is -3.28. The molecule has 3 aromatic heterocycles. The highest BCUT2D eigenvalue weighted by molar-refractivity contribution is 5.78. The summed E-state index contributed by atoms with van der Waals surface area (Å²) < 4.78 is 3.16. The molecule has 0 radical (unpaired) electrons. The van der Waals surface area contributed by atoms with Gasteiger partial charge in [-0.15, -0.1) is 0 Å². The van der Waals surface area contributed by atoms with Crippen molar-refractivity contribution in [2.75, 3.05) is 0 Å². The van der Waals surface area contributed by atoms with Crippen molar-refractivity contribution in [2.24, 2.45) is 0 Å². The van der Waals surface area contributed by atoms with Crippen LogP contribution in [0.2, 0.25) is 0 Å². The first kappa shape index (κ1) is 13.4. The molecule has 0 aliphatic heterocycles. The van der Waals surface area contributed by atoms with Gasteiger partial charge < -0.3 is 0 Å². The largest absolute Gasteiger partial charge is 0.278 e. The monoisotopic (exact) mass is 303 g/mol. The second-order valence-electron chi connectivity index (χ2n) is 5.15. The summed E-state index contributed by atoms with van der Waals surface area (Å²) in [7, 11) is 0. The van der Waals surface area contributed by atoms with Crippen LogP contribution in [-0.2, 0) is 6.54 Å². The molecule has 0 fully saturated rings. The van der Waals surface area contributed by atoms with Crippen molar-refractivity contribution in [2.45, 2.75) is 6.54 Å². The minimum Gasteiger partial charge on any atom is -0.267 e. The van der Waals surface area contributed by atoms with Gasteiger partial charge in [-0.1, -0.05) is 18.2 Å². The number of para-hydroxylation sites is 1. The van der Waals surface area contributed by atoms with E-state index in [9.17, 15) is 4.79 Å². The van der Waals surface area contributed by atoms with E-state index in [0.717, 1.165) is 11.3 Å². The summed E-state index contributed by atoms with van der Waals surface area (Å²) in [6.45, 7) is 0.411. The van der Waals surface area contributed by atoms with Gasteiger partial charge in [0, 0.05) is 12.4 Å². The fraction of sp³-hybridized carbons (Fsp3) is 0.0588. The molecular weight excluding hydrogens is 290 g/mol. The van der Waals surface area contributed by atoms with Crippen LogP contribution < -0.4 is 5.56 Å². The first-order valence-corrected chi connectivity index (χ1v) is 7.21. The summed E-state index contributed by atoms with van der Waals surface area (Å²) in [5.74, 6) is 0. The Balaban J connectivity index is 1.80. The molecule has 0 saturated carbocycles. The summed E-state index contributed by atoms with van der Waals surface area (Å²) in [6, 6.07) is 13.4. The highest BCUT2D eigenvalue weighted by Crippen LogP contribution is 2.14. The predicted octanol–water partition coefficient (Wildman–Crippen LogP) is 2.03. The molecule has 4 rings (SSSR count). The van der Waals surface area contributed by atoms with Gasteiger partial charge in [-0.25, -0.2) is 9.36 Å². The third kappa shape index (κ3) is 2.40. The number of rotatable bonds is 3. The molecule has 23 heavy (non-hydrogen) atoms. The number of nitrogens with zero attached hydrogens (tertiary/aromatic N) is 5. The van der Waals surface area contributed by atoms with E-state index >= 15 is 0 Å². The Morgan fingerprint density at radius 1 is 0.913 bits per heavy atom. The lowest BCUT2D eigenvalue weighted by atomic mass is 10.2. The molecule has 0 unspecified atom stereocenters. The van der Waals surface area contributed by atoms with Crippen LogP contribution >= 0.6 is 0 Å². The zero-order valence-electron chi connectivity index (χ0n) is 12.2. The predicted molar refractivity (Wildman–Crippen MR) is 86.5 cm³/mol. The first-order valence-electron chi connectivity index (χ1n) is 7.21. The Morgan fingerprint density at radius 2 is 1.70 bits per heavy atom. The number of pyridine rings is 1. The van der Waals surface area contributed by atoms with Gasteiger partial charge in [0.2, 0.25) is 0 Å². The van der Waals surface area contributed by atoms with Crippen molar-refractivity contribution in [1.29, 1.82) is 0 Å². The Kier molecular flexibility index (Phi) is 3.20. The van der Waals surface area contributed by atoms with Crippen LogP contribution in [0.3, 0.4) is 0 Å². The van der Waals surface area contributed by atoms with E-state index in [4.69, 9.17) is 0 Å². The van der Waals surface area contributed by atoms with E-state index in [2.05, 4.69) is 15.2 Å². The Bertz CT molecular complexity index is 1010. The average molecular weight is 303 g/mol. The van der Waals surface area contributed by atoms with Gasteiger partial charge in [0.1, 0.15) is 0 Å². The van der Waals surface area contributed by atoms with Gasteiger partial charge in [-0.3, -0.25) is 9.78 Å². The molecule has 3 heterocycles. The summed E-state index contributed by atoms with van der Waals surface area (Å²) in [6.07, 6.45) is 6.67. The topological polar surface area (TPSA) is 65.6 Å². The second-order valence-corrected chi connectivity index (χ2v) is 5.15. The lowest BCUT2D eigenvalue weighted by Gasteiger charge is -2.06. The molecule has 0 N–H and O–H groups in total. The maximum atomic E-state index is 12.6. The van der Waals surface area contributed by atoms with Gasteiger partial charge in [-0.05, 0) is 29.8 Å². The van der Waals surface area contributed by atoms with Crippen molar-refractivity contribution in [3.63, 3.8) is 0 Å². The Labute approximate surface area is 131 Å². The van der Waals surface area contributed by atoms with Gasteiger partial charge in [0.25, 0.3) is 5.56 Å². The van der Waals surface area contributed by atoms with Crippen LogP contribution in [0.5, 0.6) is 0 Å². The van der Waals surface area contributed by atoms with Crippen LogP contribution in [0.1, 0.15) is 5.56 Å². The van der Waals surface area contributed by atoms with E-state index in [1.165, 1.54) is 4.68 Å². The van der Waals surface area contributed by atoms with Crippen LogP contribution in [0.25, 0.3) is 16.6 Å². The van der Waals surface area contributed by atoms with E-state index in [-0.39, 0.29) is 5.56 Å². The summed E-state index contributed by atoms with van der Waals surface area (Å²) >= 11 is 0. The van der Waals surface area contributed by atoms with Crippen molar-refractivity contribution in [1.82, 2.24) is 24.5 Å². The fourth-order valence-corrected chi connectivity index (χ4v) is 2.51. The SMILES string of the molecule is O=c1c2cnn(-c3ccccc3)c2cnn1Cc1ccncc1. The third-order valence-electron chi connectivity index (χ3n) is 3.67. The quantitative estimate of drug-likeness (QED) is 0.581. The van der Waals surface area contributed by atoms with E-state index in [1.54, 1.807) is 29.5 Å². The Morgan fingerprint density at radius 3 is 2.48 bits per heavy atom. The summed E-state index contributed by atoms with van der Waals surface area (Å²) in [5, 5.41) is 9.16. The number of hydrogen-bond acceptors (Lipinski definition) is 4. The molecule has 0 aliphatic rings. The lowest BCUT2D eigenvalue weighted by molar-refractivity contribution is 0.646. The fourth-order valence-electron chi connectivity index (χ4n) is 2.51. The molecule has 6 heteroatoms. The van der Waals surface area contributed by atoms with E-state index in [0.29, 0.717) is 17.4 Å².